The minimum atomic E-state index is -4.12. The summed E-state index contributed by atoms with van der Waals surface area (Å²) in [5.41, 5.74) is 1.31. The van der Waals surface area contributed by atoms with Gasteiger partial charge >= 0.3 is 6.18 Å². The zero-order valence-corrected chi connectivity index (χ0v) is 11.0. The molecule has 0 aliphatic carbocycles. The van der Waals surface area contributed by atoms with Crippen molar-refractivity contribution in [3.63, 3.8) is 0 Å². The Hall–Kier alpha value is -0.940. The molecule has 2 nitrogen and oxygen atoms in total. The molecular formula is C13H15ClF3NO. The van der Waals surface area contributed by atoms with Crippen LogP contribution >= 0.6 is 11.6 Å². The Balaban J connectivity index is 2.14. The van der Waals surface area contributed by atoms with E-state index in [1.807, 2.05) is 4.90 Å². The Kier molecular flexibility index (Phi) is 4.26. The monoisotopic (exact) mass is 293 g/mol. The minimum Gasteiger partial charge on any atom is -0.392 e. The smallest absolute Gasteiger partial charge is 0.391 e. The van der Waals surface area contributed by atoms with E-state index in [0.29, 0.717) is 29.4 Å². The first-order valence-electron chi connectivity index (χ1n) is 6.13. The number of aliphatic hydroxyl groups is 1. The summed E-state index contributed by atoms with van der Waals surface area (Å²) in [5.74, 6) is -1.23. The van der Waals surface area contributed by atoms with Gasteiger partial charge in [0.05, 0.1) is 23.2 Å². The molecule has 1 N–H and O–H groups in total. The Morgan fingerprint density at radius 1 is 1.26 bits per heavy atom. The number of alkyl halides is 3. The highest BCUT2D eigenvalue weighted by Gasteiger charge is 2.41. The summed E-state index contributed by atoms with van der Waals surface area (Å²) in [4.78, 5) is 1.83. The maximum Gasteiger partial charge on any atom is 0.391 e. The molecule has 19 heavy (non-hydrogen) atoms. The Bertz CT molecular complexity index is 442. The molecular weight excluding hydrogens is 279 g/mol. The Morgan fingerprint density at radius 3 is 2.42 bits per heavy atom. The topological polar surface area (TPSA) is 23.5 Å². The van der Waals surface area contributed by atoms with Gasteiger partial charge in [-0.1, -0.05) is 23.7 Å². The molecule has 1 aromatic rings. The number of aliphatic hydroxyl groups excluding tert-OH is 1. The van der Waals surface area contributed by atoms with E-state index in [0.717, 1.165) is 0 Å². The number of hydrogen-bond acceptors (Lipinski definition) is 2. The molecule has 2 rings (SSSR count). The van der Waals surface area contributed by atoms with Gasteiger partial charge in [-0.25, -0.2) is 0 Å². The molecule has 0 unspecified atom stereocenters. The molecule has 1 heterocycles. The van der Waals surface area contributed by atoms with Gasteiger partial charge in [-0.15, -0.1) is 0 Å². The number of piperidine rings is 1. The van der Waals surface area contributed by atoms with Crippen LogP contribution in [0.25, 0.3) is 0 Å². The van der Waals surface area contributed by atoms with Gasteiger partial charge in [0.25, 0.3) is 0 Å². The number of para-hydroxylation sites is 1. The van der Waals surface area contributed by atoms with E-state index in [1.165, 1.54) is 0 Å². The molecule has 0 amide bonds. The summed E-state index contributed by atoms with van der Waals surface area (Å²) < 4.78 is 37.8. The van der Waals surface area contributed by atoms with Crippen LogP contribution in [-0.2, 0) is 6.61 Å². The van der Waals surface area contributed by atoms with E-state index in [4.69, 9.17) is 11.6 Å². The van der Waals surface area contributed by atoms with Gasteiger partial charge in [0, 0.05) is 18.7 Å². The average molecular weight is 294 g/mol. The third kappa shape index (κ3) is 3.15. The van der Waals surface area contributed by atoms with Crippen LogP contribution in [0.1, 0.15) is 18.4 Å². The molecule has 1 fully saturated rings. The van der Waals surface area contributed by atoms with E-state index in [9.17, 15) is 18.3 Å². The summed E-state index contributed by atoms with van der Waals surface area (Å²) in [5, 5.41) is 9.76. The molecule has 0 radical (unpaired) electrons. The van der Waals surface area contributed by atoms with Crippen LogP contribution in [0.5, 0.6) is 0 Å². The summed E-state index contributed by atoms with van der Waals surface area (Å²) in [7, 11) is 0. The number of anilines is 1. The first-order chi connectivity index (χ1) is 8.93. The third-order valence-electron chi connectivity index (χ3n) is 3.51. The molecule has 0 saturated carbocycles. The lowest BCUT2D eigenvalue weighted by molar-refractivity contribution is -0.179. The normalized spacial score (nSPS) is 17.8. The van der Waals surface area contributed by atoms with E-state index >= 15 is 0 Å². The molecule has 1 aliphatic heterocycles. The fourth-order valence-electron chi connectivity index (χ4n) is 2.47. The minimum absolute atomic E-state index is 0.0690. The fourth-order valence-corrected chi connectivity index (χ4v) is 2.79. The SMILES string of the molecule is OCc1cccc(Cl)c1N1CCC(C(F)(F)F)CC1. The molecule has 1 aromatic carbocycles. The van der Waals surface area contributed by atoms with Crippen molar-refractivity contribution < 1.29 is 18.3 Å². The summed E-state index contributed by atoms with van der Waals surface area (Å²) in [6.45, 7) is 0.441. The number of nitrogens with zero attached hydrogens (tertiary/aromatic N) is 1. The number of hydrogen-bond donors (Lipinski definition) is 1. The van der Waals surface area contributed by atoms with Crippen molar-refractivity contribution in [1.29, 1.82) is 0 Å². The van der Waals surface area contributed by atoms with Crippen LogP contribution in [0.4, 0.5) is 18.9 Å². The van der Waals surface area contributed by atoms with E-state index in [-0.39, 0.29) is 19.4 Å². The van der Waals surface area contributed by atoms with Crippen LogP contribution in [-0.4, -0.2) is 24.4 Å². The predicted octanol–water partition coefficient (Wildman–Crippen LogP) is 3.61. The lowest BCUT2D eigenvalue weighted by Gasteiger charge is -2.35. The molecule has 0 spiro atoms. The highest BCUT2D eigenvalue weighted by atomic mass is 35.5. The van der Waals surface area contributed by atoms with Gasteiger partial charge in [-0.05, 0) is 18.9 Å². The molecule has 6 heteroatoms. The van der Waals surface area contributed by atoms with Crippen LogP contribution < -0.4 is 4.90 Å². The molecule has 1 saturated heterocycles. The first kappa shape index (κ1) is 14.5. The van der Waals surface area contributed by atoms with Crippen molar-refractivity contribution in [1.82, 2.24) is 0 Å². The van der Waals surface area contributed by atoms with Gasteiger partial charge in [0.2, 0.25) is 0 Å². The highest BCUT2D eigenvalue weighted by molar-refractivity contribution is 6.33. The van der Waals surface area contributed by atoms with Gasteiger partial charge in [-0.2, -0.15) is 13.2 Å². The van der Waals surface area contributed by atoms with Crippen LogP contribution in [0.2, 0.25) is 5.02 Å². The second-order valence-corrected chi connectivity index (χ2v) is 5.12. The van der Waals surface area contributed by atoms with E-state index in [1.54, 1.807) is 18.2 Å². The van der Waals surface area contributed by atoms with Crippen LogP contribution in [0, 0.1) is 5.92 Å². The van der Waals surface area contributed by atoms with Crippen molar-refractivity contribution in [2.45, 2.75) is 25.6 Å². The number of rotatable bonds is 2. The van der Waals surface area contributed by atoms with Crippen molar-refractivity contribution in [3.8, 4) is 0 Å². The molecule has 1 aliphatic rings. The quantitative estimate of drug-likeness (QED) is 0.900. The second kappa shape index (κ2) is 5.59. The van der Waals surface area contributed by atoms with Gasteiger partial charge in [-0.3, -0.25) is 0 Å². The largest absolute Gasteiger partial charge is 0.392 e. The molecule has 106 valence electrons. The molecule has 0 bridgehead atoms. The fraction of sp³-hybridized carbons (Fsp3) is 0.538. The Labute approximate surface area is 114 Å². The van der Waals surface area contributed by atoms with Crippen molar-refractivity contribution in [2.24, 2.45) is 5.92 Å². The average Bonchev–Trinajstić information content (AvgIpc) is 2.37. The lowest BCUT2D eigenvalue weighted by atomic mass is 9.95. The first-order valence-corrected chi connectivity index (χ1v) is 6.51. The summed E-state index contributed by atoms with van der Waals surface area (Å²) in [6.07, 6.45) is -3.98. The van der Waals surface area contributed by atoms with Crippen LogP contribution in [0.15, 0.2) is 18.2 Å². The van der Waals surface area contributed by atoms with E-state index in [2.05, 4.69) is 0 Å². The van der Waals surface area contributed by atoms with Crippen LogP contribution in [0.3, 0.4) is 0 Å². The van der Waals surface area contributed by atoms with Crippen molar-refractivity contribution in [2.75, 3.05) is 18.0 Å². The van der Waals surface area contributed by atoms with Gasteiger partial charge < -0.3 is 10.0 Å². The van der Waals surface area contributed by atoms with Gasteiger partial charge in [0.15, 0.2) is 0 Å². The summed E-state index contributed by atoms with van der Waals surface area (Å²) in [6, 6.07) is 5.14. The maximum absolute atomic E-state index is 12.6. The maximum atomic E-state index is 12.6. The molecule has 0 atom stereocenters. The third-order valence-corrected chi connectivity index (χ3v) is 3.82. The Morgan fingerprint density at radius 2 is 1.89 bits per heavy atom. The number of benzene rings is 1. The summed E-state index contributed by atoms with van der Waals surface area (Å²) >= 11 is 6.09. The van der Waals surface area contributed by atoms with Gasteiger partial charge in [0.1, 0.15) is 0 Å². The molecule has 0 aromatic heterocycles. The zero-order valence-electron chi connectivity index (χ0n) is 10.3. The lowest BCUT2D eigenvalue weighted by Crippen LogP contribution is -2.39. The van der Waals surface area contributed by atoms with Crippen molar-refractivity contribution in [3.05, 3.63) is 28.8 Å². The number of halogens is 4. The zero-order chi connectivity index (χ0) is 14.0. The van der Waals surface area contributed by atoms with E-state index < -0.39 is 12.1 Å². The van der Waals surface area contributed by atoms with Crippen molar-refractivity contribution >= 4 is 17.3 Å². The second-order valence-electron chi connectivity index (χ2n) is 4.71. The standard InChI is InChI=1S/C13H15ClF3NO/c14-11-3-1-2-9(8-19)12(11)18-6-4-10(5-7-18)13(15,16)17/h1-3,10,19H,4-8H2. The predicted molar refractivity (Wildman–Crippen MR) is 68.4 cm³/mol. The highest BCUT2D eigenvalue weighted by Crippen LogP contribution is 2.38.